The molecule has 2 aromatic heterocycles. The predicted octanol–water partition coefficient (Wildman–Crippen LogP) is 3.54. The standard InChI is InChI=1S/C17H16FN3O3S/c1-2-15(22)19-9-13-7-8-14(25-13)17-20-16(24-21-17)10-23-12-5-3-11(18)4-6-12/h3-8H,2,9-10H2,1H3,(H,19,22). The molecular formula is C17H16FN3O3S. The number of carbonyl (C=O) groups is 1. The van der Waals surface area contributed by atoms with Crippen molar-refractivity contribution in [1.29, 1.82) is 0 Å². The number of nitrogens with one attached hydrogen (secondary N) is 1. The van der Waals surface area contributed by atoms with Gasteiger partial charge in [-0.2, -0.15) is 4.98 Å². The van der Waals surface area contributed by atoms with Gasteiger partial charge in [0.05, 0.1) is 11.4 Å². The minimum absolute atomic E-state index is 0.00902. The van der Waals surface area contributed by atoms with Crippen molar-refractivity contribution in [3.05, 3.63) is 53.0 Å². The fourth-order valence-corrected chi connectivity index (χ4v) is 2.87. The Balaban J connectivity index is 1.58. The molecule has 0 unspecified atom stereocenters. The maximum atomic E-state index is 12.8. The third-order valence-electron chi connectivity index (χ3n) is 3.31. The molecular weight excluding hydrogens is 345 g/mol. The first-order valence-electron chi connectivity index (χ1n) is 7.71. The van der Waals surface area contributed by atoms with Gasteiger partial charge in [0.15, 0.2) is 6.61 Å². The average Bonchev–Trinajstić information content (AvgIpc) is 3.28. The molecule has 0 radical (unpaired) electrons. The lowest BCUT2D eigenvalue weighted by molar-refractivity contribution is -0.120. The first-order valence-corrected chi connectivity index (χ1v) is 8.52. The largest absolute Gasteiger partial charge is 0.484 e. The molecule has 1 aromatic carbocycles. The number of halogens is 1. The summed E-state index contributed by atoms with van der Waals surface area (Å²) in [4.78, 5) is 17.4. The summed E-state index contributed by atoms with van der Waals surface area (Å²) in [6.45, 7) is 2.39. The van der Waals surface area contributed by atoms with E-state index in [1.165, 1.54) is 35.6 Å². The van der Waals surface area contributed by atoms with E-state index in [-0.39, 0.29) is 18.3 Å². The summed E-state index contributed by atoms with van der Waals surface area (Å²) in [6.07, 6.45) is 0.459. The van der Waals surface area contributed by atoms with Crippen LogP contribution in [0.1, 0.15) is 24.1 Å². The van der Waals surface area contributed by atoms with E-state index in [2.05, 4.69) is 15.5 Å². The molecule has 1 N–H and O–H groups in total. The minimum atomic E-state index is -0.323. The molecule has 0 fully saturated rings. The Hall–Kier alpha value is -2.74. The van der Waals surface area contributed by atoms with Crippen LogP contribution < -0.4 is 10.1 Å². The summed E-state index contributed by atoms with van der Waals surface area (Å²) in [5, 5.41) is 6.76. The van der Waals surface area contributed by atoms with Crippen LogP contribution in [0.3, 0.4) is 0 Å². The summed E-state index contributed by atoms with van der Waals surface area (Å²) >= 11 is 1.49. The van der Waals surface area contributed by atoms with E-state index >= 15 is 0 Å². The fourth-order valence-electron chi connectivity index (χ4n) is 1.99. The molecule has 25 heavy (non-hydrogen) atoms. The Bertz CT molecular complexity index is 845. The molecule has 0 atom stereocenters. The van der Waals surface area contributed by atoms with E-state index in [0.29, 0.717) is 30.4 Å². The Morgan fingerprint density at radius 3 is 2.84 bits per heavy atom. The number of carbonyl (C=O) groups excluding carboxylic acids is 1. The molecule has 130 valence electrons. The molecule has 0 aliphatic rings. The van der Waals surface area contributed by atoms with E-state index in [1.807, 2.05) is 19.1 Å². The van der Waals surface area contributed by atoms with E-state index in [4.69, 9.17) is 9.26 Å². The highest BCUT2D eigenvalue weighted by molar-refractivity contribution is 7.15. The van der Waals surface area contributed by atoms with E-state index < -0.39 is 0 Å². The number of hydrogen-bond acceptors (Lipinski definition) is 6. The van der Waals surface area contributed by atoms with Crippen molar-refractivity contribution in [2.24, 2.45) is 0 Å². The Labute approximate surface area is 147 Å². The smallest absolute Gasteiger partial charge is 0.264 e. The zero-order chi connectivity index (χ0) is 17.6. The maximum Gasteiger partial charge on any atom is 0.264 e. The lowest BCUT2D eigenvalue weighted by Gasteiger charge is -2.01. The molecule has 1 amide bonds. The lowest BCUT2D eigenvalue weighted by atomic mass is 10.3. The monoisotopic (exact) mass is 361 g/mol. The van der Waals surface area contributed by atoms with Gasteiger partial charge in [0.2, 0.25) is 11.7 Å². The number of benzene rings is 1. The molecule has 3 rings (SSSR count). The van der Waals surface area contributed by atoms with Crippen LogP contribution in [0.2, 0.25) is 0 Å². The number of nitrogens with zero attached hydrogens (tertiary/aromatic N) is 2. The predicted molar refractivity (Wildman–Crippen MR) is 90.5 cm³/mol. The van der Waals surface area contributed by atoms with E-state index in [1.54, 1.807) is 0 Å². The zero-order valence-electron chi connectivity index (χ0n) is 13.5. The van der Waals surface area contributed by atoms with Gasteiger partial charge in [-0.05, 0) is 36.4 Å². The van der Waals surface area contributed by atoms with Gasteiger partial charge in [0.25, 0.3) is 5.89 Å². The van der Waals surface area contributed by atoms with Gasteiger partial charge >= 0.3 is 0 Å². The molecule has 0 aliphatic carbocycles. The summed E-state index contributed by atoms with van der Waals surface area (Å²) in [6, 6.07) is 9.50. The third kappa shape index (κ3) is 4.63. The van der Waals surface area contributed by atoms with Gasteiger partial charge < -0.3 is 14.6 Å². The lowest BCUT2D eigenvalue weighted by Crippen LogP contribution is -2.20. The molecule has 0 saturated carbocycles. The van der Waals surface area contributed by atoms with Crippen LogP contribution in [0.5, 0.6) is 5.75 Å². The molecule has 6 nitrogen and oxygen atoms in total. The first kappa shape index (κ1) is 17.1. The molecule has 2 heterocycles. The number of amides is 1. The van der Waals surface area contributed by atoms with Gasteiger partial charge in [-0.15, -0.1) is 11.3 Å². The van der Waals surface area contributed by atoms with Crippen LogP contribution in [0, 0.1) is 5.82 Å². The van der Waals surface area contributed by atoms with Gasteiger partial charge in [-0.1, -0.05) is 12.1 Å². The third-order valence-corrected chi connectivity index (χ3v) is 4.39. The van der Waals surface area contributed by atoms with Crippen molar-refractivity contribution < 1.29 is 18.4 Å². The van der Waals surface area contributed by atoms with Crippen molar-refractivity contribution in [2.75, 3.05) is 0 Å². The van der Waals surface area contributed by atoms with Gasteiger partial charge in [-0.25, -0.2) is 4.39 Å². The quantitative estimate of drug-likeness (QED) is 0.696. The van der Waals surface area contributed by atoms with Gasteiger partial charge in [-0.3, -0.25) is 4.79 Å². The highest BCUT2D eigenvalue weighted by Gasteiger charge is 2.12. The molecule has 0 spiro atoms. The van der Waals surface area contributed by atoms with Crippen molar-refractivity contribution in [3.63, 3.8) is 0 Å². The maximum absolute atomic E-state index is 12.8. The Morgan fingerprint density at radius 2 is 2.08 bits per heavy atom. The summed E-state index contributed by atoms with van der Waals surface area (Å²) < 4.78 is 23.5. The van der Waals surface area contributed by atoms with E-state index in [9.17, 15) is 9.18 Å². The topological polar surface area (TPSA) is 77.2 Å². The second kappa shape index (κ2) is 7.89. The molecule has 8 heteroatoms. The first-order chi connectivity index (χ1) is 12.1. The molecule has 0 saturated heterocycles. The second-order valence-corrected chi connectivity index (χ2v) is 6.32. The van der Waals surface area contributed by atoms with Crippen molar-refractivity contribution in [1.82, 2.24) is 15.5 Å². The highest BCUT2D eigenvalue weighted by Crippen LogP contribution is 2.26. The van der Waals surface area contributed by atoms with Crippen molar-refractivity contribution in [3.8, 4) is 16.5 Å². The van der Waals surface area contributed by atoms with Crippen LogP contribution >= 0.6 is 11.3 Å². The highest BCUT2D eigenvalue weighted by atomic mass is 32.1. The molecule has 0 aliphatic heterocycles. The van der Waals surface area contributed by atoms with Crippen molar-refractivity contribution in [2.45, 2.75) is 26.5 Å². The number of aromatic nitrogens is 2. The molecule has 0 bridgehead atoms. The van der Waals surface area contributed by atoms with E-state index in [0.717, 1.165) is 9.75 Å². The van der Waals surface area contributed by atoms with Gasteiger partial charge in [0.1, 0.15) is 11.6 Å². The summed E-state index contributed by atoms with van der Waals surface area (Å²) in [5.41, 5.74) is 0. The summed E-state index contributed by atoms with van der Waals surface area (Å²) in [7, 11) is 0. The zero-order valence-corrected chi connectivity index (χ0v) is 14.3. The summed E-state index contributed by atoms with van der Waals surface area (Å²) in [5.74, 6) is 1.00. The Morgan fingerprint density at radius 1 is 1.28 bits per heavy atom. The molecule has 3 aromatic rings. The Kier molecular flexibility index (Phi) is 5.39. The van der Waals surface area contributed by atoms with Crippen LogP contribution in [-0.2, 0) is 17.9 Å². The minimum Gasteiger partial charge on any atom is -0.484 e. The SMILES string of the molecule is CCC(=O)NCc1ccc(-c2noc(COc3ccc(F)cc3)n2)s1. The normalized spacial score (nSPS) is 10.6. The van der Waals surface area contributed by atoms with Crippen molar-refractivity contribution >= 4 is 17.2 Å². The van der Waals surface area contributed by atoms with Gasteiger partial charge in [0, 0.05) is 11.3 Å². The van der Waals surface area contributed by atoms with Crippen LogP contribution in [0.25, 0.3) is 10.7 Å². The fraction of sp³-hybridized carbons (Fsp3) is 0.235. The van der Waals surface area contributed by atoms with Crippen LogP contribution in [0.15, 0.2) is 40.9 Å². The average molecular weight is 361 g/mol. The number of thiophene rings is 1. The van der Waals surface area contributed by atoms with Crippen LogP contribution in [-0.4, -0.2) is 16.0 Å². The van der Waals surface area contributed by atoms with Crippen LogP contribution in [0.4, 0.5) is 4.39 Å². The second-order valence-electron chi connectivity index (χ2n) is 5.15. The number of hydrogen-bond donors (Lipinski definition) is 1. The number of ether oxygens (including phenoxy) is 1. The number of rotatable bonds is 7.